The van der Waals surface area contributed by atoms with Gasteiger partial charge in [0.15, 0.2) is 12.0 Å². The lowest BCUT2D eigenvalue weighted by molar-refractivity contribution is -0.109. The van der Waals surface area contributed by atoms with Gasteiger partial charge in [-0.15, -0.1) is 11.3 Å². The number of carbonyl (C=O) groups excluding carboxylic acids is 1. The molecule has 0 radical (unpaired) electrons. The Kier molecular flexibility index (Phi) is 5.00. The van der Waals surface area contributed by atoms with Crippen LogP contribution in [0.4, 0.5) is 0 Å². The lowest BCUT2D eigenvalue weighted by Crippen LogP contribution is -1.97. The summed E-state index contributed by atoms with van der Waals surface area (Å²) in [6, 6.07) is 20.7. The number of hydrogen-bond donors (Lipinski definition) is 1. The highest BCUT2D eigenvalue weighted by atomic mass is 32.1. The third-order valence-electron chi connectivity index (χ3n) is 4.30. The van der Waals surface area contributed by atoms with Gasteiger partial charge in [-0.2, -0.15) is 0 Å². The van der Waals surface area contributed by atoms with Crippen LogP contribution in [0.5, 0.6) is 23.0 Å². The van der Waals surface area contributed by atoms with Crippen molar-refractivity contribution in [2.45, 2.75) is 6.92 Å². The van der Waals surface area contributed by atoms with Crippen molar-refractivity contribution >= 4 is 27.7 Å². The summed E-state index contributed by atoms with van der Waals surface area (Å²) in [5, 5.41) is 10.8. The van der Waals surface area contributed by atoms with E-state index in [0.717, 1.165) is 26.3 Å². The second kappa shape index (κ2) is 7.74. The molecule has 4 aromatic rings. The Morgan fingerprint density at radius 2 is 1.68 bits per heavy atom. The second-order valence-corrected chi connectivity index (χ2v) is 7.41. The summed E-state index contributed by atoms with van der Waals surface area (Å²) >= 11 is 1.58. The molecule has 5 heteroatoms. The van der Waals surface area contributed by atoms with Gasteiger partial charge in [-0.3, -0.25) is 4.79 Å². The Hall–Kier alpha value is -3.31. The van der Waals surface area contributed by atoms with Crippen molar-refractivity contribution in [2.75, 3.05) is 6.61 Å². The highest BCUT2D eigenvalue weighted by Gasteiger charge is 2.17. The molecule has 0 aliphatic carbocycles. The summed E-state index contributed by atoms with van der Waals surface area (Å²) < 4.78 is 12.5. The lowest BCUT2D eigenvalue weighted by Gasteiger charge is -2.09. The molecule has 140 valence electrons. The minimum absolute atomic E-state index is 0.0242. The van der Waals surface area contributed by atoms with E-state index in [4.69, 9.17) is 9.47 Å². The minimum atomic E-state index is 0.0242. The molecule has 4 nitrogen and oxygen atoms in total. The van der Waals surface area contributed by atoms with E-state index in [-0.39, 0.29) is 12.4 Å². The molecule has 0 aliphatic rings. The molecular weight excluding hydrogens is 372 g/mol. The number of thiophene rings is 1. The summed E-state index contributed by atoms with van der Waals surface area (Å²) in [7, 11) is 0. The summed E-state index contributed by atoms with van der Waals surface area (Å²) in [5.41, 5.74) is 2.25. The van der Waals surface area contributed by atoms with Crippen molar-refractivity contribution in [3.05, 3.63) is 72.3 Å². The van der Waals surface area contributed by atoms with Crippen LogP contribution in [0.2, 0.25) is 0 Å². The van der Waals surface area contributed by atoms with E-state index in [1.807, 2.05) is 18.2 Å². The average molecular weight is 390 g/mol. The molecule has 28 heavy (non-hydrogen) atoms. The maximum absolute atomic E-state index is 10.4. The van der Waals surface area contributed by atoms with Crippen LogP contribution in [0.15, 0.2) is 66.7 Å². The zero-order valence-electron chi connectivity index (χ0n) is 15.2. The topological polar surface area (TPSA) is 55.8 Å². The zero-order chi connectivity index (χ0) is 19.5. The van der Waals surface area contributed by atoms with Crippen LogP contribution in [0.25, 0.3) is 20.5 Å². The van der Waals surface area contributed by atoms with Gasteiger partial charge in [0.25, 0.3) is 0 Å². The Labute approximate surface area is 166 Å². The minimum Gasteiger partial charge on any atom is -0.508 e. The number of phenolic OH excluding ortho intramolecular Hbond substituents is 1. The zero-order valence-corrected chi connectivity index (χ0v) is 16.0. The normalized spacial score (nSPS) is 10.8. The number of ether oxygens (including phenoxy) is 2. The Morgan fingerprint density at radius 3 is 2.39 bits per heavy atom. The van der Waals surface area contributed by atoms with Crippen molar-refractivity contribution in [2.24, 2.45) is 0 Å². The maximum atomic E-state index is 10.4. The van der Waals surface area contributed by atoms with Crippen molar-refractivity contribution in [1.29, 1.82) is 0 Å². The maximum Gasteiger partial charge on any atom is 0.157 e. The molecule has 1 heterocycles. The number of aldehydes is 1. The van der Waals surface area contributed by atoms with Crippen LogP contribution in [0.1, 0.15) is 5.56 Å². The molecule has 0 spiro atoms. The van der Waals surface area contributed by atoms with E-state index in [2.05, 4.69) is 31.2 Å². The van der Waals surface area contributed by atoms with Gasteiger partial charge < -0.3 is 14.6 Å². The molecule has 1 N–H and O–H groups in total. The van der Waals surface area contributed by atoms with E-state index < -0.39 is 0 Å². The van der Waals surface area contributed by atoms with Crippen molar-refractivity contribution in [3.8, 4) is 33.4 Å². The first kappa shape index (κ1) is 18.1. The number of benzene rings is 3. The third-order valence-corrected chi connectivity index (χ3v) is 5.49. The predicted molar refractivity (Wildman–Crippen MR) is 112 cm³/mol. The number of rotatable bonds is 6. The highest BCUT2D eigenvalue weighted by Crippen LogP contribution is 2.47. The summed E-state index contributed by atoms with van der Waals surface area (Å²) in [5.74, 6) is 2.26. The molecule has 1 aromatic heterocycles. The van der Waals surface area contributed by atoms with Gasteiger partial charge in [0, 0.05) is 10.1 Å². The molecule has 3 aromatic carbocycles. The molecule has 0 atom stereocenters. The van der Waals surface area contributed by atoms with Crippen LogP contribution in [0, 0.1) is 6.92 Å². The van der Waals surface area contributed by atoms with Crippen LogP contribution in [-0.2, 0) is 4.79 Å². The van der Waals surface area contributed by atoms with Crippen LogP contribution >= 0.6 is 11.3 Å². The molecule has 0 unspecified atom stereocenters. The van der Waals surface area contributed by atoms with E-state index in [9.17, 15) is 9.90 Å². The number of hydrogen-bond acceptors (Lipinski definition) is 5. The Morgan fingerprint density at radius 1 is 0.964 bits per heavy atom. The Balaban J connectivity index is 1.75. The van der Waals surface area contributed by atoms with Gasteiger partial charge in [0.2, 0.25) is 0 Å². The molecule has 0 saturated carbocycles. The predicted octanol–water partition coefficient (Wildman–Crippen LogP) is 5.95. The van der Waals surface area contributed by atoms with E-state index in [0.29, 0.717) is 17.8 Å². The van der Waals surface area contributed by atoms with Crippen molar-refractivity contribution in [1.82, 2.24) is 0 Å². The molecule has 0 fully saturated rings. The Bertz CT molecular complexity index is 1110. The summed E-state index contributed by atoms with van der Waals surface area (Å²) in [6.45, 7) is 2.08. The highest BCUT2D eigenvalue weighted by molar-refractivity contribution is 7.22. The van der Waals surface area contributed by atoms with Gasteiger partial charge in [0.1, 0.15) is 23.9 Å². The third kappa shape index (κ3) is 3.70. The van der Waals surface area contributed by atoms with E-state index >= 15 is 0 Å². The number of aryl methyl sites for hydroxylation is 1. The number of phenols is 1. The van der Waals surface area contributed by atoms with Crippen LogP contribution in [-0.4, -0.2) is 18.0 Å². The first-order chi connectivity index (χ1) is 13.6. The van der Waals surface area contributed by atoms with Gasteiger partial charge in [-0.25, -0.2) is 0 Å². The largest absolute Gasteiger partial charge is 0.508 e. The van der Waals surface area contributed by atoms with Crippen molar-refractivity contribution < 1.29 is 19.4 Å². The number of fused-ring (bicyclic) bond motifs is 1. The van der Waals surface area contributed by atoms with Crippen molar-refractivity contribution in [3.63, 3.8) is 0 Å². The molecule has 0 bridgehead atoms. The molecule has 0 saturated heterocycles. The van der Waals surface area contributed by atoms with Crippen LogP contribution in [0.3, 0.4) is 0 Å². The van der Waals surface area contributed by atoms with Crippen LogP contribution < -0.4 is 9.47 Å². The smallest absolute Gasteiger partial charge is 0.157 e. The summed E-state index contributed by atoms with van der Waals surface area (Å²) in [6.07, 6.45) is 0.713. The molecule has 4 rings (SSSR count). The quantitative estimate of drug-likeness (QED) is 0.413. The fourth-order valence-corrected chi connectivity index (χ4v) is 4.08. The van der Waals surface area contributed by atoms with E-state index in [1.54, 1.807) is 35.6 Å². The van der Waals surface area contributed by atoms with Gasteiger partial charge in [-0.05, 0) is 55.0 Å². The van der Waals surface area contributed by atoms with Gasteiger partial charge in [0.05, 0.1) is 4.88 Å². The monoisotopic (exact) mass is 390 g/mol. The SMILES string of the molecule is Cc1ccc(-c2sc3cc(O)ccc3c2Oc2ccc(OCC=O)cc2)cc1. The second-order valence-electron chi connectivity index (χ2n) is 6.36. The van der Waals surface area contributed by atoms with Gasteiger partial charge in [-0.1, -0.05) is 29.8 Å². The lowest BCUT2D eigenvalue weighted by atomic mass is 10.1. The number of aromatic hydroxyl groups is 1. The standard InChI is InChI=1S/C23H18O4S/c1-15-2-4-16(5-3-15)23-22(20-11-6-17(25)14-21(20)28-23)27-19-9-7-18(8-10-19)26-13-12-24/h2-12,14,25H,13H2,1H3. The average Bonchev–Trinajstić information content (AvgIpc) is 3.05. The molecule has 0 amide bonds. The fraction of sp³-hybridized carbons (Fsp3) is 0.0870. The fourth-order valence-electron chi connectivity index (χ4n) is 2.91. The van der Waals surface area contributed by atoms with Gasteiger partial charge >= 0.3 is 0 Å². The first-order valence-corrected chi connectivity index (χ1v) is 9.62. The van der Waals surface area contributed by atoms with E-state index in [1.165, 1.54) is 5.56 Å². The molecular formula is C23H18O4S. The summed E-state index contributed by atoms with van der Waals surface area (Å²) in [4.78, 5) is 11.4. The molecule has 0 aliphatic heterocycles. The first-order valence-electron chi connectivity index (χ1n) is 8.81. The number of carbonyl (C=O) groups is 1.